The number of aromatic nitrogens is 2. The number of amides is 1. The van der Waals surface area contributed by atoms with Gasteiger partial charge in [-0.2, -0.15) is 0 Å². The van der Waals surface area contributed by atoms with Gasteiger partial charge in [-0.15, -0.1) is 11.3 Å². The quantitative estimate of drug-likeness (QED) is 0.276. The summed E-state index contributed by atoms with van der Waals surface area (Å²) in [6.07, 6.45) is 0.701. The second-order valence-corrected chi connectivity index (χ2v) is 9.08. The van der Waals surface area contributed by atoms with E-state index in [9.17, 15) is 9.59 Å². The van der Waals surface area contributed by atoms with Gasteiger partial charge < -0.3 is 14.8 Å². The Morgan fingerprint density at radius 2 is 2.13 bits per heavy atom. The van der Waals surface area contributed by atoms with Crippen LogP contribution in [0.25, 0.3) is 10.2 Å². The summed E-state index contributed by atoms with van der Waals surface area (Å²) in [5, 5.41) is 4.08. The number of methoxy groups -OCH3 is 1. The van der Waals surface area contributed by atoms with Gasteiger partial charge in [0.2, 0.25) is 5.91 Å². The second-order valence-electron chi connectivity index (χ2n) is 6.93. The van der Waals surface area contributed by atoms with Gasteiger partial charge >= 0.3 is 0 Å². The monoisotopic (exact) mass is 461 g/mol. The van der Waals surface area contributed by atoms with E-state index in [1.807, 2.05) is 32.9 Å². The number of anilines is 1. The van der Waals surface area contributed by atoms with Crippen molar-refractivity contribution in [2.45, 2.75) is 38.9 Å². The number of hydrogen-bond donors (Lipinski definition) is 1. The summed E-state index contributed by atoms with van der Waals surface area (Å²) in [7, 11) is 1.58. The molecule has 1 amide bonds. The molecule has 0 saturated carbocycles. The second kappa shape index (κ2) is 10.8. The molecule has 1 N–H and O–H groups in total. The smallest absolute Gasteiger partial charge is 0.263 e. The molecule has 2 heterocycles. The predicted molar refractivity (Wildman–Crippen MR) is 127 cm³/mol. The molecule has 0 bridgehead atoms. The lowest BCUT2D eigenvalue weighted by Gasteiger charge is -2.12. The zero-order valence-electron chi connectivity index (χ0n) is 18.2. The molecule has 0 aliphatic heterocycles. The van der Waals surface area contributed by atoms with Crippen LogP contribution in [0.4, 0.5) is 5.69 Å². The Kier molecular flexibility index (Phi) is 8.11. The van der Waals surface area contributed by atoms with Crippen molar-refractivity contribution >= 4 is 44.9 Å². The van der Waals surface area contributed by atoms with Crippen LogP contribution in [0.5, 0.6) is 5.75 Å². The van der Waals surface area contributed by atoms with E-state index in [0.29, 0.717) is 48.2 Å². The van der Waals surface area contributed by atoms with E-state index in [1.54, 1.807) is 23.8 Å². The van der Waals surface area contributed by atoms with Gasteiger partial charge in [0.15, 0.2) is 5.16 Å². The molecule has 0 aliphatic carbocycles. The molecule has 0 saturated heterocycles. The van der Waals surface area contributed by atoms with Crippen molar-refractivity contribution < 1.29 is 14.3 Å². The molecule has 7 nitrogen and oxygen atoms in total. The number of hydrogen-bond acceptors (Lipinski definition) is 7. The Bertz CT molecular complexity index is 1120. The zero-order chi connectivity index (χ0) is 22.4. The van der Waals surface area contributed by atoms with Crippen LogP contribution in [0, 0.1) is 13.8 Å². The molecule has 3 aromatic rings. The maximum atomic E-state index is 13.2. The van der Waals surface area contributed by atoms with Crippen molar-refractivity contribution in [3.05, 3.63) is 45.1 Å². The van der Waals surface area contributed by atoms with Crippen LogP contribution in [0.3, 0.4) is 0 Å². The van der Waals surface area contributed by atoms with Gasteiger partial charge in [0.1, 0.15) is 10.6 Å². The Labute approximate surface area is 189 Å². The van der Waals surface area contributed by atoms with Crippen LogP contribution in [0.1, 0.15) is 23.8 Å². The van der Waals surface area contributed by atoms with Crippen molar-refractivity contribution in [3.8, 4) is 5.75 Å². The molecular formula is C22H27N3O4S2. The Morgan fingerprint density at radius 3 is 2.87 bits per heavy atom. The summed E-state index contributed by atoms with van der Waals surface area (Å²) in [6, 6.07) is 7.19. The third-order valence-corrected chi connectivity index (χ3v) is 6.89. The first-order valence-electron chi connectivity index (χ1n) is 10.1. The standard InChI is InChI=1S/C22H27N3O4S2/c1-5-29-11-7-10-25-21(27)19-14(2)15(3)31-20(19)24-22(25)30-13-18(26)23-16-8-6-9-17(12-16)28-4/h6,8-9,12H,5,7,10-11,13H2,1-4H3,(H,23,26). The highest BCUT2D eigenvalue weighted by Crippen LogP contribution is 2.28. The number of rotatable bonds is 10. The summed E-state index contributed by atoms with van der Waals surface area (Å²) >= 11 is 2.78. The number of ether oxygens (including phenoxy) is 2. The van der Waals surface area contributed by atoms with Crippen molar-refractivity contribution in [3.63, 3.8) is 0 Å². The van der Waals surface area contributed by atoms with E-state index < -0.39 is 0 Å². The fourth-order valence-electron chi connectivity index (χ4n) is 3.11. The Morgan fingerprint density at radius 1 is 1.32 bits per heavy atom. The van der Waals surface area contributed by atoms with Gasteiger partial charge in [-0.1, -0.05) is 17.8 Å². The first-order chi connectivity index (χ1) is 14.9. The molecule has 0 radical (unpaired) electrons. The van der Waals surface area contributed by atoms with E-state index in [2.05, 4.69) is 5.32 Å². The van der Waals surface area contributed by atoms with E-state index >= 15 is 0 Å². The van der Waals surface area contributed by atoms with E-state index in [0.717, 1.165) is 15.3 Å². The van der Waals surface area contributed by atoms with Crippen LogP contribution in [-0.4, -0.2) is 41.5 Å². The molecule has 0 fully saturated rings. The van der Waals surface area contributed by atoms with Gasteiger partial charge in [0, 0.05) is 36.4 Å². The van der Waals surface area contributed by atoms with Crippen LogP contribution in [0.2, 0.25) is 0 Å². The largest absolute Gasteiger partial charge is 0.497 e. The highest BCUT2D eigenvalue weighted by Gasteiger charge is 2.17. The molecule has 31 heavy (non-hydrogen) atoms. The van der Waals surface area contributed by atoms with E-state index in [-0.39, 0.29) is 17.2 Å². The number of carbonyl (C=O) groups is 1. The van der Waals surface area contributed by atoms with Crippen molar-refractivity contribution in [1.82, 2.24) is 9.55 Å². The number of benzene rings is 1. The average molecular weight is 462 g/mol. The first kappa shape index (κ1) is 23.3. The molecule has 1 aromatic carbocycles. The van der Waals surface area contributed by atoms with Gasteiger partial charge in [-0.05, 0) is 44.9 Å². The van der Waals surface area contributed by atoms with Crippen molar-refractivity contribution in [2.75, 3.05) is 31.4 Å². The molecule has 2 aromatic heterocycles. The highest BCUT2D eigenvalue weighted by molar-refractivity contribution is 7.99. The number of thioether (sulfide) groups is 1. The predicted octanol–water partition coefficient (Wildman–Crippen LogP) is 4.24. The topological polar surface area (TPSA) is 82.4 Å². The maximum Gasteiger partial charge on any atom is 0.263 e. The fourth-order valence-corrected chi connectivity index (χ4v) is 5.01. The number of carbonyl (C=O) groups excluding carboxylic acids is 1. The molecule has 0 unspecified atom stereocenters. The molecule has 3 rings (SSSR count). The van der Waals surface area contributed by atoms with Gasteiger partial charge in [-0.25, -0.2) is 4.98 Å². The van der Waals surface area contributed by atoms with Crippen LogP contribution < -0.4 is 15.6 Å². The SMILES string of the molecule is CCOCCCn1c(SCC(=O)Nc2cccc(OC)c2)nc2sc(C)c(C)c2c1=O. The van der Waals surface area contributed by atoms with Crippen molar-refractivity contribution in [1.29, 1.82) is 0 Å². The molecule has 9 heteroatoms. The van der Waals surface area contributed by atoms with Gasteiger partial charge in [0.25, 0.3) is 5.56 Å². The minimum Gasteiger partial charge on any atom is -0.497 e. The van der Waals surface area contributed by atoms with Crippen LogP contribution in [0.15, 0.2) is 34.2 Å². The summed E-state index contributed by atoms with van der Waals surface area (Å²) < 4.78 is 12.3. The van der Waals surface area contributed by atoms with Crippen LogP contribution in [-0.2, 0) is 16.1 Å². The summed E-state index contributed by atoms with van der Waals surface area (Å²) in [6.45, 7) is 7.60. The lowest BCUT2D eigenvalue weighted by Crippen LogP contribution is -2.25. The summed E-state index contributed by atoms with van der Waals surface area (Å²) in [5.74, 6) is 0.639. The zero-order valence-corrected chi connectivity index (χ0v) is 19.8. The summed E-state index contributed by atoms with van der Waals surface area (Å²) in [5.41, 5.74) is 1.58. The van der Waals surface area contributed by atoms with E-state index in [1.165, 1.54) is 23.1 Å². The fraction of sp³-hybridized carbons (Fsp3) is 0.409. The van der Waals surface area contributed by atoms with Gasteiger partial charge in [-0.3, -0.25) is 14.2 Å². The average Bonchev–Trinajstić information content (AvgIpc) is 3.04. The molecule has 166 valence electrons. The molecule has 0 aliphatic rings. The van der Waals surface area contributed by atoms with E-state index in [4.69, 9.17) is 14.5 Å². The van der Waals surface area contributed by atoms with Crippen LogP contribution >= 0.6 is 23.1 Å². The minimum absolute atomic E-state index is 0.0564. The molecule has 0 spiro atoms. The number of nitrogens with one attached hydrogen (secondary N) is 1. The van der Waals surface area contributed by atoms with Gasteiger partial charge in [0.05, 0.1) is 18.2 Å². The normalized spacial score (nSPS) is 11.1. The lowest BCUT2D eigenvalue weighted by atomic mass is 10.2. The number of fused-ring (bicyclic) bond motifs is 1. The number of aryl methyl sites for hydroxylation is 2. The molecule has 0 atom stereocenters. The highest BCUT2D eigenvalue weighted by atomic mass is 32.2. The minimum atomic E-state index is -0.174. The third-order valence-electron chi connectivity index (χ3n) is 4.81. The summed E-state index contributed by atoms with van der Waals surface area (Å²) in [4.78, 5) is 32.2. The van der Waals surface area contributed by atoms with Crippen molar-refractivity contribution in [2.24, 2.45) is 0 Å². The lowest BCUT2D eigenvalue weighted by molar-refractivity contribution is -0.113. The Hall–Kier alpha value is -2.36. The third kappa shape index (κ3) is 5.66. The number of thiophene rings is 1. The number of nitrogens with zero attached hydrogens (tertiary/aromatic N) is 2. The maximum absolute atomic E-state index is 13.2. The Balaban J connectivity index is 1.80. The molecular weight excluding hydrogens is 434 g/mol. The first-order valence-corrected chi connectivity index (χ1v) is 11.9.